The van der Waals surface area contributed by atoms with Crippen molar-refractivity contribution in [1.29, 1.82) is 3.37 Å². The van der Waals surface area contributed by atoms with Crippen LogP contribution in [0.1, 0.15) is 51.0 Å². The normalized spacial score (nSPS) is 16.2. The number of nitrogens with zero attached hydrogens (tertiary/aromatic N) is 5. The van der Waals surface area contributed by atoms with E-state index in [9.17, 15) is 28.8 Å². The minimum Gasteiger partial charge on any atom is -0.468 e. The second-order valence-corrected chi connectivity index (χ2v) is 18.9. The first-order valence-electron chi connectivity index (χ1n) is 26.7. The van der Waals surface area contributed by atoms with Gasteiger partial charge in [-0.2, -0.15) is 101 Å². The maximum atomic E-state index is 11.7. The number of thioether (sulfide) groups is 2. The number of nitrogens with one attached hydrogen (secondary N) is 4. The monoisotopic (exact) mass is 1390 g/mol. The number of carbonyl (C=O) groups is 6. The molecule has 2 fully saturated rings. The Morgan fingerprint density at radius 1 is 0.723 bits per heavy atom. The van der Waals surface area contributed by atoms with Crippen LogP contribution < -0.4 is 27.0 Å². The van der Waals surface area contributed by atoms with Crippen LogP contribution in [0.5, 0.6) is 0 Å². The van der Waals surface area contributed by atoms with E-state index in [4.69, 9.17) is 9.11 Å². The van der Waals surface area contributed by atoms with Gasteiger partial charge < -0.3 is 41.2 Å². The van der Waals surface area contributed by atoms with Crippen molar-refractivity contribution in [2.24, 2.45) is 32.5 Å². The summed E-state index contributed by atoms with van der Waals surface area (Å²) in [7, 11) is 4.00. The number of amidine groups is 2. The third kappa shape index (κ3) is 34.3. The van der Waals surface area contributed by atoms with Gasteiger partial charge in [0, 0.05) is 136 Å². The van der Waals surface area contributed by atoms with Crippen LogP contribution in [0.2, 0.25) is 0 Å². The standard InChI is InChI=1S/C15H19NO3.C10H12N3.C8H8O.C7H11NO3.C7H8N.C6H10N2O2S.C4H8N2S.3H2S.2Y/c1-11-3-5-12(6-4-11)9-16-8-7-14(17)13(10-16)15(18)19-2;1-2-4-9(5-3-1)8-13-10-11-6-7-12-10;1-7-2-4-8(6-9)5-3-7;1-11-7(10)5-4-8-3-2-6(5)9;8-6-7-4-2-1-3-5-7;1-10-6(9)8-4-3-7-5(8)11-2;1-7-4-5-2-3-6-4;;;;;/h3-6,13H,7-10H2,1-2H3;2-5H,6-8H2,(H2,11,12,13);2-6H,1H3;5,8H,2-4H2,1H3;2-5H,6,8H2;3-4H2,1-2H3;2-3H2,1H3,(H,5,6);3*1H2;;/q;-1;;;-1;;;;;;;/i/hD3. The maximum Gasteiger partial charge on any atom is 0.415 e. The molecule has 5 aliphatic heterocycles. The third-order valence-electron chi connectivity index (χ3n) is 11.7. The Kier molecular flexibility index (Phi) is 47.1. The van der Waals surface area contributed by atoms with Gasteiger partial charge in [-0.3, -0.25) is 48.7 Å². The molecule has 83 heavy (non-hydrogen) atoms. The SMILES string of the molecule is COC(=O)C1CN(Cc2ccc(C)cc2)CCC1=O.COC(=O)C1CNCCC1=O.COC(=O)N1CCN=C1SC.CSC1=NCCN1.Cc1ccc(C=O)cc1.NCc1cc[c-]cc1.S.[2H]S.[2H]S[2H].[Y].[Y].[c-]1ccc(CNC2=NCCN2)cc1. The number of rotatable bonds is 8. The average Bonchev–Trinajstić information content (AvgIpc) is 4.49. The zero-order chi connectivity index (χ0) is 61.6. The summed E-state index contributed by atoms with van der Waals surface area (Å²) in [6.07, 6.45) is 5.29. The molecular formula is C57H82N10O9S5Y2-2. The average molecular weight is 1390 g/mol. The van der Waals surface area contributed by atoms with Crippen molar-refractivity contribution >= 4 is 116 Å². The molecule has 2 unspecified atom stereocenters. The van der Waals surface area contributed by atoms with Gasteiger partial charge in [-0.1, -0.05) is 83.2 Å². The molecule has 1 amide bonds. The van der Waals surface area contributed by atoms with Crippen molar-refractivity contribution in [3.05, 3.63) is 143 Å². The van der Waals surface area contributed by atoms with Crippen molar-refractivity contribution in [2.75, 3.05) is 99.3 Å². The van der Waals surface area contributed by atoms with E-state index < -0.39 is 23.8 Å². The number of nitrogens with two attached hydrogens (primary N) is 1. The molecule has 6 N–H and O–H groups in total. The van der Waals surface area contributed by atoms with Crippen molar-refractivity contribution < 1.29 is 108 Å². The van der Waals surface area contributed by atoms with Crippen LogP contribution in [0.3, 0.4) is 0 Å². The maximum absolute atomic E-state index is 11.7. The van der Waals surface area contributed by atoms with Crippen LogP contribution in [0.25, 0.3) is 0 Å². The Labute approximate surface area is 574 Å². The number of benzene rings is 4. The zero-order valence-corrected chi connectivity index (χ0v) is 58.4. The molecule has 26 heteroatoms. The number of guanidine groups is 1. The number of amides is 1. The summed E-state index contributed by atoms with van der Waals surface area (Å²) in [5.41, 5.74) is 12.1. The number of hydrogen-bond acceptors (Lipinski definition) is 20. The number of hydrogen-bond donors (Lipinski definition) is 5. The van der Waals surface area contributed by atoms with Crippen molar-refractivity contribution in [1.82, 2.24) is 31.1 Å². The Bertz CT molecular complexity index is 2550. The molecule has 0 aromatic heterocycles. The molecule has 19 nitrogen and oxygen atoms in total. The fraction of sp³-hybridized carbons (Fsp3) is 0.421. The molecule has 2 radical (unpaired) electrons. The Balaban J connectivity index is -0.000000936. The van der Waals surface area contributed by atoms with Gasteiger partial charge in [0.1, 0.15) is 29.7 Å². The van der Waals surface area contributed by atoms with E-state index in [1.807, 2.05) is 92.2 Å². The summed E-state index contributed by atoms with van der Waals surface area (Å²) in [6.45, 7) is 13.6. The Hall–Kier alpha value is -3.65. The summed E-state index contributed by atoms with van der Waals surface area (Å²) in [4.78, 5) is 82.5. The van der Waals surface area contributed by atoms with E-state index in [0.29, 0.717) is 58.7 Å². The van der Waals surface area contributed by atoms with Gasteiger partial charge >= 0.3 is 18.0 Å². The first-order valence-corrected chi connectivity index (χ1v) is 27.8. The van der Waals surface area contributed by atoms with Gasteiger partial charge in [0.15, 0.2) is 16.3 Å². The number of likely N-dealkylation sites (tertiary alicyclic amines) is 1. The molecule has 2 atom stereocenters. The van der Waals surface area contributed by atoms with Crippen LogP contribution in [-0.2, 0) is 118 Å². The predicted octanol–water partition coefficient (Wildman–Crippen LogP) is 5.62. The van der Waals surface area contributed by atoms with Crippen LogP contribution >= 0.6 is 63.7 Å². The number of aliphatic imine (C=N–C) groups is 3. The molecule has 0 spiro atoms. The fourth-order valence-electron chi connectivity index (χ4n) is 7.28. The summed E-state index contributed by atoms with van der Waals surface area (Å²) in [6, 6.07) is 37.2. The number of aldehydes is 1. The number of esters is 2. The van der Waals surface area contributed by atoms with Gasteiger partial charge in [0.05, 0.1) is 50.9 Å². The van der Waals surface area contributed by atoms with Crippen molar-refractivity contribution in [3.8, 4) is 0 Å². The molecule has 5 aliphatic rings. The minimum atomic E-state index is -0.621. The molecule has 4 aromatic rings. The minimum absolute atomic E-state index is 0. The first kappa shape index (κ1) is 77.4. The molecule has 9 rings (SSSR count). The van der Waals surface area contributed by atoms with Gasteiger partial charge in [0.25, 0.3) is 0 Å². The zero-order valence-electron chi connectivity index (χ0n) is 51.4. The molecule has 452 valence electrons. The second-order valence-electron chi connectivity index (χ2n) is 17.4. The Morgan fingerprint density at radius 3 is 1.75 bits per heavy atom. The number of piperidine rings is 2. The fourth-order valence-corrected chi connectivity index (χ4v) is 8.35. The van der Waals surface area contributed by atoms with Crippen LogP contribution in [0.4, 0.5) is 4.79 Å². The Morgan fingerprint density at radius 2 is 1.28 bits per heavy atom. The summed E-state index contributed by atoms with van der Waals surface area (Å²) >= 11 is 6.16. The number of ether oxygens (including phenoxy) is 3. The molecule has 0 saturated carbocycles. The molecule has 5 heterocycles. The summed E-state index contributed by atoms with van der Waals surface area (Å²) < 4.78 is 30.7. The quantitative estimate of drug-likeness (QED) is 0.0473. The number of carbonyl (C=O) groups excluding carboxylic acids is 6. The van der Waals surface area contributed by atoms with Crippen LogP contribution in [0.15, 0.2) is 112 Å². The smallest absolute Gasteiger partial charge is 0.415 e. The van der Waals surface area contributed by atoms with E-state index in [0.717, 1.165) is 73.0 Å². The van der Waals surface area contributed by atoms with E-state index in [1.54, 1.807) is 11.8 Å². The van der Waals surface area contributed by atoms with Gasteiger partial charge in [-0.05, 0) is 38.5 Å². The van der Waals surface area contributed by atoms with E-state index >= 15 is 0 Å². The van der Waals surface area contributed by atoms with E-state index in [-0.39, 0.29) is 110 Å². The topological polar surface area (TPSA) is 248 Å². The number of Topliss-reactive ketones (excluding diaryl/α,β-unsaturated/α-hetero) is 2. The van der Waals surface area contributed by atoms with Crippen LogP contribution in [-0.4, -0.2) is 165 Å². The van der Waals surface area contributed by atoms with Gasteiger partial charge in [-0.15, -0.1) is 11.1 Å². The summed E-state index contributed by atoms with van der Waals surface area (Å²) in [5.74, 6) is -1.16. The largest absolute Gasteiger partial charge is 0.468 e. The molecule has 0 aliphatic carbocycles. The van der Waals surface area contributed by atoms with Crippen molar-refractivity contribution in [2.45, 2.75) is 46.3 Å². The number of aryl methyl sites for hydroxylation is 2. The number of ketones is 2. The predicted molar refractivity (Wildman–Crippen MR) is 342 cm³/mol. The van der Waals surface area contributed by atoms with Crippen molar-refractivity contribution in [3.63, 3.8) is 0 Å². The van der Waals surface area contributed by atoms with E-state index in [1.165, 1.54) is 60.2 Å². The first-order chi connectivity index (χ1) is 40.2. The summed E-state index contributed by atoms with van der Waals surface area (Å²) in [5, 5.41) is 14.3. The molecule has 4 aromatic carbocycles. The molecular weight excluding hydrogens is 1310 g/mol. The molecule has 2 saturated heterocycles. The molecule has 0 bridgehead atoms. The van der Waals surface area contributed by atoms with E-state index in [2.05, 4.69) is 112 Å². The van der Waals surface area contributed by atoms with Crippen LogP contribution in [0, 0.1) is 37.8 Å². The number of methoxy groups -OCH3 is 3. The second kappa shape index (κ2) is 50.5. The van der Waals surface area contributed by atoms with Gasteiger partial charge in [0.2, 0.25) is 0 Å². The third-order valence-corrected chi connectivity index (χ3v) is 13.0. The van der Waals surface area contributed by atoms with Gasteiger partial charge in [-0.25, -0.2) is 4.79 Å².